The van der Waals surface area contributed by atoms with Crippen molar-refractivity contribution in [3.05, 3.63) is 89.1 Å². The van der Waals surface area contributed by atoms with Gasteiger partial charge in [0.15, 0.2) is 0 Å². The number of fused-ring (bicyclic) bond motifs is 2. The molecule has 0 saturated carbocycles. The van der Waals surface area contributed by atoms with Crippen LogP contribution in [0.25, 0.3) is 22.0 Å². The minimum absolute atomic E-state index is 0.244. The van der Waals surface area contributed by atoms with Crippen molar-refractivity contribution in [2.75, 3.05) is 19.1 Å². The summed E-state index contributed by atoms with van der Waals surface area (Å²) in [5.41, 5.74) is 8.72. The van der Waals surface area contributed by atoms with Crippen LogP contribution in [0.1, 0.15) is 55.1 Å². The van der Waals surface area contributed by atoms with Crippen molar-refractivity contribution in [2.45, 2.75) is 52.0 Å². The number of hydrogen-bond donors (Lipinski definition) is 0. The molecule has 1 heterocycles. The van der Waals surface area contributed by atoms with Gasteiger partial charge in [0.05, 0.1) is 24.5 Å². The van der Waals surface area contributed by atoms with Crippen molar-refractivity contribution in [3.8, 4) is 17.0 Å². The highest BCUT2D eigenvalue weighted by Crippen LogP contribution is 2.43. The predicted molar refractivity (Wildman–Crippen MR) is 143 cm³/mol. The van der Waals surface area contributed by atoms with Crippen LogP contribution in [0.5, 0.6) is 5.75 Å². The van der Waals surface area contributed by atoms with Gasteiger partial charge in [-0.15, -0.1) is 0 Å². The number of pyridine rings is 1. The number of ether oxygens (including phenoxy) is 1. The van der Waals surface area contributed by atoms with E-state index in [1.54, 1.807) is 7.11 Å². The van der Waals surface area contributed by atoms with Crippen molar-refractivity contribution in [2.24, 2.45) is 0 Å². The van der Waals surface area contributed by atoms with Gasteiger partial charge in [-0.25, -0.2) is 0 Å². The van der Waals surface area contributed by atoms with Gasteiger partial charge >= 0.3 is 0 Å². The SMILES string of the molecule is CCc1cccc(CC)c1-c1cc(OC)c2c(n1)CCCC2N(C)c1ccc2ccccc2c1. The highest BCUT2D eigenvalue weighted by molar-refractivity contribution is 5.86. The summed E-state index contributed by atoms with van der Waals surface area (Å²) in [4.78, 5) is 7.69. The van der Waals surface area contributed by atoms with Gasteiger partial charge in [-0.1, -0.05) is 62.4 Å². The molecule has 1 aliphatic carbocycles. The summed E-state index contributed by atoms with van der Waals surface area (Å²) < 4.78 is 6.04. The fourth-order valence-electron chi connectivity index (χ4n) is 5.57. The smallest absolute Gasteiger partial charge is 0.128 e. The molecule has 1 aromatic heterocycles. The molecule has 3 heteroatoms. The number of aryl methyl sites for hydroxylation is 3. The summed E-state index contributed by atoms with van der Waals surface area (Å²) in [5.74, 6) is 0.963. The Bertz CT molecular complexity index is 1290. The van der Waals surface area contributed by atoms with Crippen LogP contribution in [0.2, 0.25) is 0 Å². The lowest BCUT2D eigenvalue weighted by Gasteiger charge is -2.35. The van der Waals surface area contributed by atoms with E-state index in [2.05, 4.69) is 92.5 Å². The van der Waals surface area contributed by atoms with Crippen molar-refractivity contribution in [1.29, 1.82) is 0 Å². The topological polar surface area (TPSA) is 25.4 Å². The summed E-state index contributed by atoms with van der Waals surface area (Å²) in [6.45, 7) is 4.45. The van der Waals surface area contributed by atoms with Crippen LogP contribution in [-0.4, -0.2) is 19.1 Å². The summed E-state index contributed by atoms with van der Waals surface area (Å²) in [5, 5.41) is 2.54. The Balaban J connectivity index is 1.60. The minimum atomic E-state index is 0.244. The van der Waals surface area contributed by atoms with Crippen LogP contribution >= 0.6 is 0 Å². The zero-order chi connectivity index (χ0) is 23.7. The van der Waals surface area contributed by atoms with Gasteiger partial charge in [0, 0.05) is 29.9 Å². The molecule has 0 N–H and O–H groups in total. The molecule has 4 aromatic rings. The quantitative estimate of drug-likeness (QED) is 0.303. The molecule has 1 atom stereocenters. The Morgan fingerprint density at radius 2 is 1.65 bits per heavy atom. The Kier molecular flexibility index (Phi) is 6.28. The predicted octanol–water partition coefficient (Wildman–Crippen LogP) is 7.55. The third-order valence-corrected chi connectivity index (χ3v) is 7.41. The molecule has 0 radical (unpaired) electrons. The van der Waals surface area contributed by atoms with Crippen molar-refractivity contribution >= 4 is 16.5 Å². The lowest BCUT2D eigenvalue weighted by molar-refractivity contribution is 0.395. The first-order valence-corrected chi connectivity index (χ1v) is 12.5. The van der Waals surface area contributed by atoms with Crippen LogP contribution in [0.4, 0.5) is 5.69 Å². The molecule has 0 spiro atoms. The van der Waals surface area contributed by atoms with Crippen LogP contribution < -0.4 is 9.64 Å². The Labute approximate surface area is 203 Å². The fourth-order valence-corrected chi connectivity index (χ4v) is 5.57. The van der Waals surface area contributed by atoms with Crippen LogP contribution in [-0.2, 0) is 19.3 Å². The van der Waals surface area contributed by atoms with Gasteiger partial charge < -0.3 is 9.64 Å². The number of rotatable bonds is 6. The normalized spacial score (nSPS) is 15.2. The largest absolute Gasteiger partial charge is 0.496 e. The molecule has 3 nitrogen and oxygen atoms in total. The average molecular weight is 451 g/mol. The maximum Gasteiger partial charge on any atom is 0.128 e. The number of nitrogens with zero attached hydrogens (tertiary/aromatic N) is 2. The van der Waals surface area contributed by atoms with E-state index in [0.717, 1.165) is 43.5 Å². The highest BCUT2D eigenvalue weighted by Gasteiger charge is 2.30. The number of anilines is 1. The molecular weight excluding hydrogens is 416 g/mol. The Hall–Kier alpha value is -3.33. The van der Waals surface area contributed by atoms with Crippen LogP contribution in [0, 0.1) is 0 Å². The second kappa shape index (κ2) is 9.50. The number of hydrogen-bond acceptors (Lipinski definition) is 3. The van der Waals surface area contributed by atoms with E-state index in [-0.39, 0.29) is 6.04 Å². The highest BCUT2D eigenvalue weighted by atomic mass is 16.5. The molecule has 5 rings (SSSR count). The first-order chi connectivity index (χ1) is 16.6. The van der Waals surface area contributed by atoms with Gasteiger partial charge in [-0.05, 0) is 66.1 Å². The maximum atomic E-state index is 6.04. The molecule has 34 heavy (non-hydrogen) atoms. The molecule has 0 fully saturated rings. The number of aromatic nitrogens is 1. The van der Waals surface area contributed by atoms with Crippen molar-refractivity contribution in [1.82, 2.24) is 4.98 Å². The van der Waals surface area contributed by atoms with Crippen LogP contribution in [0.3, 0.4) is 0 Å². The van der Waals surface area contributed by atoms with E-state index in [0.29, 0.717) is 0 Å². The van der Waals surface area contributed by atoms with E-state index < -0.39 is 0 Å². The summed E-state index contributed by atoms with van der Waals surface area (Å²) in [6, 6.07) is 24.4. The Morgan fingerprint density at radius 3 is 2.35 bits per heavy atom. The van der Waals surface area contributed by atoms with Gasteiger partial charge in [-0.2, -0.15) is 0 Å². The summed E-state index contributed by atoms with van der Waals surface area (Å²) in [7, 11) is 4.01. The van der Waals surface area contributed by atoms with E-state index in [9.17, 15) is 0 Å². The summed E-state index contributed by atoms with van der Waals surface area (Å²) in [6.07, 6.45) is 5.22. The van der Waals surface area contributed by atoms with E-state index in [1.165, 1.54) is 44.4 Å². The molecule has 174 valence electrons. The Morgan fingerprint density at radius 1 is 0.912 bits per heavy atom. The molecule has 0 aliphatic heterocycles. The first-order valence-electron chi connectivity index (χ1n) is 12.5. The minimum Gasteiger partial charge on any atom is -0.496 e. The number of methoxy groups -OCH3 is 1. The average Bonchev–Trinajstić information content (AvgIpc) is 2.90. The summed E-state index contributed by atoms with van der Waals surface area (Å²) >= 11 is 0. The van der Waals surface area contributed by atoms with Crippen molar-refractivity contribution < 1.29 is 4.74 Å². The van der Waals surface area contributed by atoms with Gasteiger partial charge in [-0.3, -0.25) is 4.98 Å². The van der Waals surface area contributed by atoms with Gasteiger partial charge in [0.2, 0.25) is 0 Å². The van der Waals surface area contributed by atoms with Gasteiger partial charge in [0.25, 0.3) is 0 Å². The lowest BCUT2D eigenvalue weighted by atomic mass is 9.87. The third-order valence-electron chi connectivity index (χ3n) is 7.41. The van der Waals surface area contributed by atoms with Crippen LogP contribution in [0.15, 0.2) is 66.7 Å². The molecule has 3 aromatic carbocycles. The lowest BCUT2D eigenvalue weighted by Crippen LogP contribution is -2.28. The maximum absolute atomic E-state index is 6.04. The first kappa shape index (κ1) is 22.5. The van der Waals surface area contributed by atoms with Crippen molar-refractivity contribution in [3.63, 3.8) is 0 Å². The second-order valence-corrected chi connectivity index (χ2v) is 9.28. The fraction of sp³-hybridized carbons (Fsp3) is 0.323. The molecule has 1 unspecified atom stereocenters. The zero-order valence-electron chi connectivity index (χ0n) is 20.8. The molecule has 0 bridgehead atoms. The third kappa shape index (κ3) is 3.94. The zero-order valence-corrected chi connectivity index (χ0v) is 20.8. The molecule has 0 saturated heterocycles. The standard InChI is InChI=1S/C31H34N2O/c1-5-21-13-9-14-22(6-2)30(21)27-20-29(34-4)31-26(32-27)15-10-16-28(31)33(3)25-18-17-23-11-7-8-12-24(23)19-25/h7-9,11-14,17-20,28H,5-6,10,15-16H2,1-4H3. The number of benzene rings is 3. The molecule has 0 amide bonds. The second-order valence-electron chi connectivity index (χ2n) is 9.28. The van der Waals surface area contributed by atoms with E-state index >= 15 is 0 Å². The monoisotopic (exact) mass is 450 g/mol. The molecular formula is C31H34N2O. The van der Waals surface area contributed by atoms with E-state index in [4.69, 9.17) is 9.72 Å². The van der Waals surface area contributed by atoms with E-state index in [1.807, 2.05) is 0 Å². The molecule has 1 aliphatic rings. The van der Waals surface area contributed by atoms with Gasteiger partial charge in [0.1, 0.15) is 5.75 Å².